The molecule has 1 aliphatic heterocycles. The summed E-state index contributed by atoms with van der Waals surface area (Å²) in [6, 6.07) is 0. The molecule has 1 saturated heterocycles. The number of hydrogen-bond donors (Lipinski definition) is 0. The Hall–Kier alpha value is -0.400. The predicted octanol–water partition coefficient (Wildman–Crippen LogP) is 2.15. The Morgan fingerprint density at radius 1 is 1.32 bits per heavy atom. The monoisotopic (exact) mass is 392 g/mol. The lowest BCUT2D eigenvalue weighted by atomic mass is 10.4. The van der Waals surface area contributed by atoms with E-state index in [0.29, 0.717) is 5.88 Å². The van der Waals surface area contributed by atoms with E-state index < -0.39 is 0 Å². The van der Waals surface area contributed by atoms with Crippen molar-refractivity contribution in [1.82, 2.24) is 14.9 Å². The van der Waals surface area contributed by atoms with Gasteiger partial charge in [-0.3, -0.25) is 0 Å². The second kappa shape index (κ2) is 7.40. The van der Waals surface area contributed by atoms with Gasteiger partial charge in [0.1, 0.15) is 0 Å². The number of ether oxygens (including phenoxy) is 1. The first-order valence-corrected chi connectivity index (χ1v) is 8.26. The van der Waals surface area contributed by atoms with E-state index in [-0.39, 0.29) is 0 Å². The second-order valence-corrected chi connectivity index (χ2v) is 6.05. The molecule has 0 aliphatic carbocycles. The molecule has 2 rings (SSSR count). The van der Waals surface area contributed by atoms with Gasteiger partial charge in [-0.15, -0.1) is 0 Å². The molecule has 0 saturated carbocycles. The fraction of sp³-hybridized carbons (Fsp3) is 0.667. The number of aromatic nitrogens is 2. The van der Waals surface area contributed by atoms with Gasteiger partial charge < -0.3 is 14.5 Å². The highest BCUT2D eigenvalue weighted by molar-refractivity contribution is 9.10. The van der Waals surface area contributed by atoms with Gasteiger partial charge in [0, 0.05) is 31.5 Å². The quantitative estimate of drug-likeness (QED) is 0.733. The maximum Gasteiger partial charge on any atom is 0.232 e. The zero-order valence-corrected chi connectivity index (χ0v) is 14.2. The molecule has 1 fully saturated rings. The summed E-state index contributed by atoms with van der Waals surface area (Å²) in [6.45, 7) is 5.23. The molecule has 7 heteroatoms. The number of nitrogens with zero attached hydrogens (tertiary/aromatic N) is 4. The minimum Gasteiger partial charge on any atom is -0.480 e. The third kappa shape index (κ3) is 4.03. The number of methoxy groups -OCH3 is 1. The van der Waals surface area contributed by atoms with Crippen molar-refractivity contribution in [3.63, 3.8) is 0 Å². The van der Waals surface area contributed by atoms with Gasteiger partial charge >= 0.3 is 0 Å². The Morgan fingerprint density at radius 2 is 2.16 bits per heavy atom. The first-order chi connectivity index (χ1) is 9.24. The number of alkyl halides is 1. The van der Waals surface area contributed by atoms with Crippen molar-refractivity contribution >= 4 is 37.8 Å². The summed E-state index contributed by atoms with van der Waals surface area (Å²) < 4.78 is 6.01. The molecule has 0 radical (unpaired) electrons. The lowest BCUT2D eigenvalue weighted by molar-refractivity contribution is 0.313. The molecule has 2 heterocycles. The van der Waals surface area contributed by atoms with Crippen LogP contribution in [-0.4, -0.2) is 60.0 Å². The average molecular weight is 394 g/mol. The maximum absolute atomic E-state index is 5.23. The zero-order valence-electron chi connectivity index (χ0n) is 11.0. The lowest BCUT2D eigenvalue weighted by Crippen LogP contribution is -2.32. The van der Waals surface area contributed by atoms with Gasteiger partial charge in [-0.25, -0.2) is 4.98 Å². The van der Waals surface area contributed by atoms with Crippen LogP contribution in [0, 0.1) is 0 Å². The van der Waals surface area contributed by atoms with Crippen molar-refractivity contribution in [3.8, 4) is 5.88 Å². The van der Waals surface area contributed by atoms with E-state index in [1.54, 1.807) is 13.3 Å². The molecule has 5 nitrogen and oxygen atoms in total. The van der Waals surface area contributed by atoms with Crippen LogP contribution in [0.5, 0.6) is 5.88 Å². The molecule has 19 heavy (non-hydrogen) atoms. The zero-order chi connectivity index (χ0) is 13.7. The first-order valence-electron chi connectivity index (χ1n) is 6.34. The molecule has 0 amide bonds. The third-order valence-corrected chi connectivity index (χ3v) is 4.06. The fourth-order valence-corrected chi connectivity index (χ4v) is 3.01. The second-order valence-electron chi connectivity index (χ2n) is 4.40. The van der Waals surface area contributed by atoms with Gasteiger partial charge in [-0.2, -0.15) is 4.98 Å². The van der Waals surface area contributed by atoms with Crippen LogP contribution in [-0.2, 0) is 0 Å². The van der Waals surface area contributed by atoms with Gasteiger partial charge in [0.2, 0.25) is 11.8 Å². The molecule has 0 N–H and O–H groups in total. The van der Waals surface area contributed by atoms with Crippen LogP contribution in [0.15, 0.2) is 10.7 Å². The summed E-state index contributed by atoms with van der Waals surface area (Å²) in [7, 11) is 1.62. The topological polar surface area (TPSA) is 41.5 Å². The standard InChI is InChI=1S/C12H18Br2N4O/c1-19-11-10(14)9-15-12(16-11)18-5-2-4-17(6-3-13)7-8-18/h9H,2-8H2,1H3. The van der Waals surface area contributed by atoms with Crippen LogP contribution in [0.25, 0.3) is 0 Å². The largest absolute Gasteiger partial charge is 0.480 e. The summed E-state index contributed by atoms with van der Waals surface area (Å²) in [4.78, 5) is 13.5. The fourth-order valence-electron chi connectivity index (χ4n) is 2.15. The van der Waals surface area contributed by atoms with Crippen molar-refractivity contribution in [1.29, 1.82) is 0 Å². The minimum atomic E-state index is 0.589. The molecule has 0 unspecified atom stereocenters. The number of hydrogen-bond acceptors (Lipinski definition) is 5. The van der Waals surface area contributed by atoms with Gasteiger partial charge in [0.05, 0.1) is 17.8 Å². The number of halogens is 2. The van der Waals surface area contributed by atoms with Gasteiger partial charge in [-0.05, 0) is 28.9 Å². The molecule has 1 aliphatic rings. The Labute approximate surface area is 130 Å². The lowest BCUT2D eigenvalue weighted by Gasteiger charge is -2.21. The summed E-state index contributed by atoms with van der Waals surface area (Å²) >= 11 is 6.87. The molecule has 0 aromatic carbocycles. The van der Waals surface area contributed by atoms with Crippen LogP contribution in [0.1, 0.15) is 6.42 Å². The molecule has 1 aromatic heterocycles. The van der Waals surface area contributed by atoms with E-state index in [1.807, 2.05) is 0 Å². The van der Waals surface area contributed by atoms with Crippen molar-refractivity contribution in [2.75, 3.05) is 50.1 Å². The average Bonchev–Trinajstić information content (AvgIpc) is 2.66. The van der Waals surface area contributed by atoms with Gasteiger partial charge in [0.25, 0.3) is 0 Å². The van der Waals surface area contributed by atoms with E-state index in [2.05, 4.69) is 51.6 Å². The van der Waals surface area contributed by atoms with Crippen LogP contribution in [0.2, 0.25) is 0 Å². The van der Waals surface area contributed by atoms with Crippen molar-refractivity contribution in [2.45, 2.75) is 6.42 Å². The minimum absolute atomic E-state index is 0.589. The van der Waals surface area contributed by atoms with E-state index in [4.69, 9.17) is 4.74 Å². The smallest absolute Gasteiger partial charge is 0.232 e. The molecule has 1 aromatic rings. The highest BCUT2D eigenvalue weighted by Gasteiger charge is 2.17. The predicted molar refractivity (Wildman–Crippen MR) is 83.3 cm³/mol. The summed E-state index contributed by atoms with van der Waals surface area (Å²) in [5.41, 5.74) is 0. The molecular weight excluding hydrogens is 376 g/mol. The Morgan fingerprint density at radius 3 is 2.89 bits per heavy atom. The van der Waals surface area contributed by atoms with Crippen molar-refractivity contribution in [2.24, 2.45) is 0 Å². The van der Waals surface area contributed by atoms with E-state index in [9.17, 15) is 0 Å². The van der Waals surface area contributed by atoms with Gasteiger partial charge in [-0.1, -0.05) is 15.9 Å². The van der Waals surface area contributed by atoms with Crippen LogP contribution < -0.4 is 9.64 Å². The molecule has 106 valence electrons. The third-order valence-electron chi connectivity index (χ3n) is 3.16. The van der Waals surface area contributed by atoms with E-state index in [1.165, 1.54) is 0 Å². The summed E-state index contributed by atoms with van der Waals surface area (Å²) in [5, 5.41) is 1.02. The van der Waals surface area contributed by atoms with Crippen LogP contribution in [0.4, 0.5) is 5.95 Å². The van der Waals surface area contributed by atoms with Crippen LogP contribution in [0.3, 0.4) is 0 Å². The molecular formula is C12H18Br2N4O. The number of anilines is 1. The Kier molecular flexibility index (Phi) is 5.84. The van der Waals surface area contributed by atoms with Gasteiger partial charge in [0.15, 0.2) is 0 Å². The first kappa shape index (κ1) is 15.0. The van der Waals surface area contributed by atoms with E-state index >= 15 is 0 Å². The SMILES string of the molecule is COc1nc(N2CCCN(CCBr)CC2)ncc1Br. The van der Waals surface area contributed by atoms with Crippen LogP contribution >= 0.6 is 31.9 Å². The number of rotatable bonds is 4. The highest BCUT2D eigenvalue weighted by atomic mass is 79.9. The molecule has 0 spiro atoms. The highest BCUT2D eigenvalue weighted by Crippen LogP contribution is 2.23. The van der Waals surface area contributed by atoms with Crippen molar-refractivity contribution < 1.29 is 4.74 Å². The summed E-state index contributed by atoms with van der Waals surface area (Å²) in [5.74, 6) is 1.34. The van der Waals surface area contributed by atoms with E-state index in [0.717, 1.165) is 54.9 Å². The van der Waals surface area contributed by atoms with Crippen molar-refractivity contribution in [3.05, 3.63) is 10.7 Å². The Bertz CT molecular complexity index is 419. The Balaban J connectivity index is 2.05. The summed E-state index contributed by atoms with van der Waals surface area (Å²) in [6.07, 6.45) is 2.89. The molecule has 0 atom stereocenters. The maximum atomic E-state index is 5.23. The molecule has 0 bridgehead atoms. The normalized spacial score (nSPS) is 17.3.